The van der Waals surface area contributed by atoms with Crippen LogP contribution in [-0.4, -0.2) is 25.9 Å². The van der Waals surface area contributed by atoms with Gasteiger partial charge in [-0.2, -0.15) is 21.6 Å². The van der Waals surface area contributed by atoms with Crippen LogP contribution in [0.15, 0.2) is 71.6 Å². The van der Waals surface area contributed by atoms with E-state index in [1.165, 1.54) is 29.2 Å². The van der Waals surface area contributed by atoms with Crippen LogP contribution in [0.25, 0.3) is 0 Å². The van der Waals surface area contributed by atoms with Gasteiger partial charge in [0, 0.05) is 18.8 Å². The van der Waals surface area contributed by atoms with Gasteiger partial charge in [0.1, 0.15) is 10.6 Å². The number of rotatable bonds is 8. The molecule has 0 heterocycles. The van der Waals surface area contributed by atoms with Gasteiger partial charge in [-0.1, -0.05) is 55.2 Å². The zero-order valence-corrected chi connectivity index (χ0v) is 22.0. The van der Waals surface area contributed by atoms with Crippen LogP contribution in [-0.2, 0) is 22.8 Å². The molecule has 0 aromatic heterocycles. The Hall–Kier alpha value is -2.95. The molecule has 0 atom stereocenters. The summed E-state index contributed by atoms with van der Waals surface area (Å²) in [5.74, 6) is 0.00424. The third-order valence-corrected chi connectivity index (χ3v) is 6.95. The van der Waals surface area contributed by atoms with Crippen molar-refractivity contribution < 1.29 is 30.6 Å². The second-order valence-corrected chi connectivity index (χ2v) is 10.9. The fourth-order valence-electron chi connectivity index (χ4n) is 3.36. The number of carbonyl (C=O) groups is 1. The van der Waals surface area contributed by atoms with Crippen molar-refractivity contribution in [2.75, 3.05) is 11.9 Å². The van der Waals surface area contributed by atoms with Crippen molar-refractivity contribution in [2.24, 2.45) is 5.92 Å². The lowest BCUT2D eigenvalue weighted by atomic mass is 10.1. The van der Waals surface area contributed by atoms with Gasteiger partial charge >= 0.3 is 22.3 Å². The number of benzene rings is 3. The van der Waals surface area contributed by atoms with Crippen LogP contribution in [0.1, 0.15) is 25.0 Å². The Balaban J connectivity index is 1.79. The lowest BCUT2D eigenvalue weighted by Crippen LogP contribution is -2.37. The molecule has 0 radical (unpaired) electrons. The maximum absolute atomic E-state index is 13.0. The molecule has 0 saturated carbocycles. The molecule has 0 fully saturated rings. The summed E-state index contributed by atoms with van der Waals surface area (Å²) in [4.78, 5) is 13.9. The maximum Gasteiger partial charge on any atom is 0.416 e. The third kappa shape index (κ3) is 8.02. The van der Waals surface area contributed by atoms with Gasteiger partial charge < -0.3 is 14.4 Å². The molecule has 0 saturated heterocycles. The number of alkyl halides is 3. The van der Waals surface area contributed by atoms with Crippen molar-refractivity contribution in [1.29, 1.82) is 0 Å². The molecule has 0 aliphatic heterocycles. The first kappa shape index (κ1) is 28.6. The molecule has 0 bridgehead atoms. The molecular formula is C25H23Cl2F3N2O4S. The van der Waals surface area contributed by atoms with Crippen LogP contribution in [0.5, 0.6) is 5.75 Å². The molecule has 0 aliphatic rings. The average molecular weight is 575 g/mol. The second-order valence-electron chi connectivity index (χ2n) is 8.54. The molecule has 198 valence electrons. The zero-order valence-electron chi connectivity index (χ0n) is 19.7. The smallest absolute Gasteiger partial charge is 0.379 e. The van der Waals surface area contributed by atoms with Gasteiger partial charge in [-0.05, 0) is 60.0 Å². The minimum Gasteiger partial charge on any atom is -0.379 e. The lowest BCUT2D eigenvalue weighted by molar-refractivity contribution is -0.137. The Morgan fingerprint density at radius 2 is 1.70 bits per heavy atom. The Morgan fingerprint density at radius 1 is 1.00 bits per heavy atom. The van der Waals surface area contributed by atoms with E-state index >= 15 is 0 Å². The van der Waals surface area contributed by atoms with Gasteiger partial charge in [0.05, 0.1) is 15.6 Å². The molecule has 1 N–H and O–H groups in total. The van der Waals surface area contributed by atoms with E-state index in [0.717, 1.165) is 18.2 Å². The van der Waals surface area contributed by atoms with E-state index in [1.54, 1.807) is 18.2 Å². The first-order valence-electron chi connectivity index (χ1n) is 11.0. The molecule has 3 aromatic carbocycles. The topological polar surface area (TPSA) is 75.7 Å². The average Bonchev–Trinajstić information content (AvgIpc) is 2.80. The minimum absolute atomic E-state index is 0.103. The van der Waals surface area contributed by atoms with Gasteiger partial charge in [0.25, 0.3) is 0 Å². The molecule has 3 rings (SSSR count). The summed E-state index contributed by atoms with van der Waals surface area (Å²) in [6.45, 7) is 4.34. The first-order chi connectivity index (χ1) is 17.2. The summed E-state index contributed by atoms with van der Waals surface area (Å²) in [6, 6.07) is 13.5. The number of nitrogens with zero attached hydrogens (tertiary/aromatic N) is 1. The molecule has 2 amide bonds. The number of anilines is 1. The van der Waals surface area contributed by atoms with Crippen LogP contribution >= 0.6 is 23.2 Å². The van der Waals surface area contributed by atoms with E-state index < -0.39 is 32.8 Å². The van der Waals surface area contributed by atoms with Crippen molar-refractivity contribution in [2.45, 2.75) is 31.5 Å². The molecule has 37 heavy (non-hydrogen) atoms. The van der Waals surface area contributed by atoms with E-state index in [2.05, 4.69) is 5.32 Å². The van der Waals surface area contributed by atoms with Gasteiger partial charge in [-0.15, -0.1) is 0 Å². The summed E-state index contributed by atoms with van der Waals surface area (Å²) >= 11 is 11.9. The number of hydrogen-bond acceptors (Lipinski definition) is 4. The summed E-state index contributed by atoms with van der Waals surface area (Å²) in [5, 5.41) is 3.37. The highest BCUT2D eigenvalue weighted by atomic mass is 35.5. The molecule has 0 aliphatic carbocycles. The van der Waals surface area contributed by atoms with Gasteiger partial charge in [-0.3, -0.25) is 0 Å². The maximum atomic E-state index is 13.0. The molecular weight excluding hydrogens is 552 g/mol. The second kappa shape index (κ2) is 11.6. The van der Waals surface area contributed by atoms with Crippen LogP contribution < -0.4 is 9.50 Å². The highest BCUT2D eigenvalue weighted by molar-refractivity contribution is 7.87. The summed E-state index contributed by atoms with van der Waals surface area (Å²) in [6.07, 6.45) is -4.71. The molecule has 3 aromatic rings. The van der Waals surface area contributed by atoms with Crippen LogP contribution in [0.4, 0.5) is 23.7 Å². The lowest BCUT2D eigenvalue weighted by Gasteiger charge is -2.25. The summed E-state index contributed by atoms with van der Waals surface area (Å²) < 4.78 is 69.4. The normalized spacial score (nSPS) is 11.9. The Labute approximate surface area is 223 Å². The number of urea groups is 1. The van der Waals surface area contributed by atoms with Crippen LogP contribution in [0.2, 0.25) is 10.0 Å². The van der Waals surface area contributed by atoms with Crippen molar-refractivity contribution in [3.05, 3.63) is 87.9 Å². The molecule has 0 unspecified atom stereocenters. The first-order valence-corrected chi connectivity index (χ1v) is 13.1. The monoisotopic (exact) mass is 574 g/mol. The number of hydrogen-bond donors (Lipinski definition) is 1. The van der Waals surface area contributed by atoms with E-state index in [0.29, 0.717) is 28.9 Å². The third-order valence-electron chi connectivity index (χ3n) is 4.97. The van der Waals surface area contributed by atoms with Gasteiger partial charge in [0.15, 0.2) is 0 Å². The number of carbonyl (C=O) groups excluding carboxylic acids is 1. The van der Waals surface area contributed by atoms with E-state index in [9.17, 15) is 26.4 Å². The Kier molecular flexibility index (Phi) is 8.99. The largest absolute Gasteiger partial charge is 0.416 e. The molecule has 12 heteroatoms. The number of halogens is 5. The fourth-order valence-corrected chi connectivity index (χ4v) is 4.62. The SMILES string of the molecule is CC(C)CN(Cc1cccc(OS(=O)(=O)c2cccc(C(F)(F)F)c2)c1)C(=O)Nc1ccc(Cl)c(Cl)c1. The van der Waals surface area contributed by atoms with Crippen molar-refractivity contribution in [1.82, 2.24) is 4.90 Å². The highest BCUT2D eigenvalue weighted by Gasteiger charge is 2.32. The standard InChI is InChI=1S/C25H23Cl2F3N2O4S/c1-16(2)14-32(24(33)31-19-9-10-22(26)23(27)13-19)15-17-5-3-7-20(11-17)36-37(34,35)21-8-4-6-18(12-21)25(28,29)30/h3-13,16H,14-15H2,1-2H3,(H,31,33). The Morgan fingerprint density at radius 3 is 2.35 bits per heavy atom. The van der Waals surface area contributed by atoms with Crippen molar-refractivity contribution in [3.8, 4) is 5.75 Å². The van der Waals surface area contributed by atoms with E-state index in [4.69, 9.17) is 27.4 Å². The fraction of sp³-hybridized carbons (Fsp3) is 0.240. The van der Waals surface area contributed by atoms with Crippen LogP contribution in [0.3, 0.4) is 0 Å². The summed E-state index contributed by atoms with van der Waals surface area (Å²) in [5.41, 5.74) is -0.123. The quantitative estimate of drug-likeness (QED) is 0.283. The predicted octanol–water partition coefficient (Wildman–Crippen LogP) is 7.47. The van der Waals surface area contributed by atoms with Gasteiger partial charge in [-0.25, -0.2) is 4.79 Å². The number of nitrogens with one attached hydrogen (secondary N) is 1. The Bertz CT molecular complexity index is 1380. The zero-order chi connectivity index (χ0) is 27.4. The van der Waals surface area contributed by atoms with Crippen molar-refractivity contribution >= 4 is 45.0 Å². The van der Waals surface area contributed by atoms with E-state index in [-0.39, 0.29) is 23.2 Å². The molecule has 6 nitrogen and oxygen atoms in total. The number of amides is 2. The minimum atomic E-state index is -4.71. The van der Waals surface area contributed by atoms with Crippen molar-refractivity contribution in [3.63, 3.8) is 0 Å². The highest BCUT2D eigenvalue weighted by Crippen LogP contribution is 2.31. The molecule has 0 spiro atoms. The predicted molar refractivity (Wildman–Crippen MR) is 136 cm³/mol. The van der Waals surface area contributed by atoms with Gasteiger partial charge in [0.2, 0.25) is 0 Å². The van der Waals surface area contributed by atoms with E-state index in [1.807, 2.05) is 13.8 Å². The van der Waals surface area contributed by atoms with Crippen LogP contribution in [0, 0.1) is 5.92 Å². The summed E-state index contributed by atoms with van der Waals surface area (Å²) in [7, 11) is -4.54.